The number of nitrogens with zero attached hydrogens (tertiary/aromatic N) is 4. The summed E-state index contributed by atoms with van der Waals surface area (Å²) in [7, 11) is 0. The van der Waals surface area contributed by atoms with Gasteiger partial charge >= 0.3 is 0 Å². The molecule has 1 saturated carbocycles. The van der Waals surface area contributed by atoms with Crippen LogP contribution in [-0.4, -0.2) is 56.9 Å². The van der Waals surface area contributed by atoms with E-state index in [0.717, 1.165) is 43.7 Å². The molecular weight excluding hydrogens is 282 g/mol. The van der Waals surface area contributed by atoms with Gasteiger partial charge in [0.1, 0.15) is 11.8 Å². The van der Waals surface area contributed by atoms with Gasteiger partial charge in [-0.2, -0.15) is 0 Å². The molecule has 0 aromatic carbocycles. The quantitative estimate of drug-likeness (QED) is 0.883. The summed E-state index contributed by atoms with van der Waals surface area (Å²) in [5.74, 6) is 0.902. The van der Waals surface area contributed by atoms with Crippen molar-refractivity contribution in [2.75, 3.05) is 24.6 Å². The number of hydrogen-bond acceptors (Lipinski definition) is 6. The number of piperidine rings is 1. The van der Waals surface area contributed by atoms with Gasteiger partial charge in [0.05, 0.1) is 18.5 Å². The molecule has 2 atom stereocenters. The highest BCUT2D eigenvalue weighted by atomic mass is 16.5. The van der Waals surface area contributed by atoms with E-state index in [-0.39, 0.29) is 17.6 Å². The van der Waals surface area contributed by atoms with Gasteiger partial charge in [0, 0.05) is 31.5 Å². The van der Waals surface area contributed by atoms with Crippen LogP contribution in [0.2, 0.25) is 0 Å². The van der Waals surface area contributed by atoms with Gasteiger partial charge < -0.3 is 19.7 Å². The average Bonchev–Trinajstić information content (AvgIpc) is 3.03. The average molecular weight is 303 g/mol. The Kier molecular flexibility index (Phi) is 3.27. The SMILES string of the molecule is CCO[C@H]1C[C@H](O)C12CCN(c1ncnc3nc[nH]c13)CC2. The van der Waals surface area contributed by atoms with Crippen molar-refractivity contribution in [3.05, 3.63) is 12.7 Å². The molecule has 1 saturated heterocycles. The molecular formula is C15H21N5O2. The lowest BCUT2D eigenvalue weighted by Gasteiger charge is -2.56. The van der Waals surface area contributed by atoms with E-state index in [9.17, 15) is 5.11 Å². The molecule has 1 aliphatic carbocycles. The maximum atomic E-state index is 10.3. The number of rotatable bonds is 3. The minimum absolute atomic E-state index is 0.0629. The Morgan fingerprint density at radius 3 is 2.91 bits per heavy atom. The zero-order chi connectivity index (χ0) is 15.2. The number of imidazole rings is 1. The van der Waals surface area contributed by atoms with E-state index in [0.29, 0.717) is 12.3 Å². The van der Waals surface area contributed by atoms with Crippen molar-refractivity contribution in [3.8, 4) is 0 Å². The molecule has 2 aromatic rings. The first-order valence-electron chi connectivity index (χ1n) is 7.93. The van der Waals surface area contributed by atoms with Crippen LogP contribution in [0.15, 0.2) is 12.7 Å². The van der Waals surface area contributed by atoms with Crippen LogP contribution in [0.1, 0.15) is 26.2 Å². The lowest BCUT2D eigenvalue weighted by Crippen LogP contribution is -2.62. The summed E-state index contributed by atoms with van der Waals surface area (Å²) in [5.41, 5.74) is 1.52. The fraction of sp³-hybridized carbons (Fsp3) is 0.667. The van der Waals surface area contributed by atoms with Crippen molar-refractivity contribution in [1.29, 1.82) is 0 Å². The number of aliphatic hydroxyl groups is 1. The van der Waals surface area contributed by atoms with Gasteiger partial charge in [-0.05, 0) is 19.8 Å². The van der Waals surface area contributed by atoms with Crippen molar-refractivity contribution in [2.24, 2.45) is 5.41 Å². The first-order valence-corrected chi connectivity index (χ1v) is 7.93. The number of H-pyrrole nitrogens is 1. The minimum Gasteiger partial charge on any atom is -0.392 e. The van der Waals surface area contributed by atoms with E-state index in [4.69, 9.17) is 4.74 Å². The van der Waals surface area contributed by atoms with Gasteiger partial charge in [0.2, 0.25) is 0 Å². The van der Waals surface area contributed by atoms with E-state index in [2.05, 4.69) is 24.8 Å². The van der Waals surface area contributed by atoms with Crippen molar-refractivity contribution in [3.63, 3.8) is 0 Å². The second-order valence-corrected chi connectivity index (χ2v) is 6.21. The van der Waals surface area contributed by atoms with E-state index in [1.165, 1.54) is 0 Å². The zero-order valence-corrected chi connectivity index (χ0v) is 12.7. The van der Waals surface area contributed by atoms with Crippen LogP contribution in [0.4, 0.5) is 5.82 Å². The minimum atomic E-state index is -0.233. The van der Waals surface area contributed by atoms with Gasteiger partial charge in [0.15, 0.2) is 11.5 Å². The number of anilines is 1. The Labute approximate surface area is 128 Å². The molecule has 1 spiro atoms. The molecule has 118 valence electrons. The Hall–Kier alpha value is -1.73. The first kappa shape index (κ1) is 13.9. The van der Waals surface area contributed by atoms with Crippen LogP contribution in [0.3, 0.4) is 0 Å². The van der Waals surface area contributed by atoms with Crippen molar-refractivity contribution >= 4 is 17.0 Å². The van der Waals surface area contributed by atoms with Crippen molar-refractivity contribution < 1.29 is 9.84 Å². The van der Waals surface area contributed by atoms with Crippen LogP contribution in [0, 0.1) is 5.41 Å². The van der Waals surface area contributed by atoms with Crippen LogP contribution in [0.5, 0.6) is 0 Å². The van der Waals surface area contributed by atoms with Gasteiger partial charge in [-0.25, -0.2) is 15.0 Å². The smallest absolute Gasteiger partial charge is 0.182 e. The second-order valence-electron chi connectivity index (χ2n) is 6.21. The third-order valence-electron chi connectivity index (χ3n) is 5.31. The van der Waals surface area contributed by atoms with Crippen LogP contribution in [0.25, 0.3) is 11.2 Å². The number of ether oxygens (including phenoxy) is 1. The molecule has 3 heterocycles. The van der Waals surface area contributed by atoms with Crippen LogP contribution in [-0.2, 0) is 4.74 Å². The highest BCUT2D eigenvalue weighted by Gasteiger charge is 2.56. The van der Waals surface area contributed by atoms with Crippen molar-refractivity contribution in [2.45, 2.75) is 38.4 Å². The Morgan fingerprint density at radius 1 is 1.36 bits per heavy atom. The Morgan fingerprint density at radius 2 is 2.18 bits per heavy atom. The van der Waals surface area contributed by atoms with E-state index >= 15 is 0 Å². The summed E-state index contributed by atoms with van der Waals surface area (Å²) < 4.78 is 5.82. The topological polar surface area (TPSA) is 87.2 Å². The zero-order valence-electron chi connectivity index (χ0n) is 12.7. The molecule has 7 nitrogen and oxygen atoms in total. The molecule has 0 unspecified atom stereocenters. The standard InChI is InChI=1S/C15H21N5O2/c1-2-22-11-7-10(21)15(11)3-5-20(6-4-15)14-12-13(17-8-16-12)18-9-19-14/h8-11,21H,2-7H2,1H3,(H,16,17,18,19)/t10-,11-/m0/s1. The molecule has 2 aliphatic rings. The number of aromatic amines is 1. The highest BCUT2D eigenvalue weighted by Crippen LogP contribution is 2.51. The molecule has 4 rings (SSSR count). The summed E-state index contributed by atoms with van der Waals surface area (Å²) in [5, 5.41) is 10.3. The fourth-order valence-corrected chi connectivity index (χ4v) is 3.94. The first-order chi connectivity index (χ1) is 10.7. The third kappa shape index (κ3) is 1.92. The third-order valence-corrected chi connectivity index (χ3v) is 5.31. The van der Waals surface area contributed by atoms with Crippen LogP contribution >= 0.6 is 0 Å². The molecule has 2 fully saturated rings. The summed E-state index contributed by atoms with van der Waals surface area (Å²) in [4.78, 5) is 18.1. The number of nitrogens with one attached hydrogen (secondary N) is 1. The summed E-state index contributed by atoms with van der Waals surface area (Å²) in [6.07, 6.45) is 5.80. The molecule has 2 N–H and O–H groups in total. The highest BCUT2D eigenvalue weighted by molar-refractivity contribution is 5.82. The number of fused-ring (bicyclic) bond motifs is 1. The van der Waals surface area contributed by atoms with E-state index < -0.39 is 0 Å². The second kappa shape index (κ2) is 5.17. The summed E-state index contributed by atoms with van der Waals surface area (Å²) in [6, 6.07) is 0. The number of aromatic nitrogens is 4. The van der Waals surface area contributed by atoms with Crippen LogP contribution < -0.4 is 4.90 Å². The van der Waals surface area contributed by atoms with Gasteiger partial charge in [-0.3, -0.25) is 0 Å². The molecule has 1 aliphatic heterocycles. The molecule has 0 radical (unpaired) electrons. The summed E-state index contributed by atoms with van der Waals surface area (Å²) in [6.45, 7) is 4.46. The molecule has 7 heteroatoms. The van der Waals surface area contributed by atoms with Crippen molar-refractivity contribution in [1.82, 2.24) is 19.9 Å². The number of hydrogen-bond donors (Lipinski definition) is 2. The van der Waals surface area contributed by atoms with Gasteiger partial charge in [0.25, 0.3) is 0 Å². The monoisotopic (exact) mass is 303 g/mol. The van der Waals surface area contributed by atoms with E-state index in [1.54, 1.807) is 12.7 Å². The van der Waals surface area contributed by atoms with E-state index in [1.807, 2.05) is 6.92 Å². The predicted molar refractivity (Wildman–Crippen MR) is 81.6 cm³/mol. The molecule has 2 aromatic heterocycles. The summed E-state index contributed by atoms with van der Waals surface area (Å²) >= 11 is 0. The normalized spacial score (nSPS) is 27.3. The lowest BCUT2D eigenvalue weighted by atomic mass is 9.58. The predicted octanol–water partition coefficient (Wildman–Crippen LogP) is 1.11. The Balaban J connectivity index is 1.53. The maximum Gasteiger partial charge on any atom is 0.182 e. The van der Waals surface area contributed by atoms with Gasteiger partial charge in [-0.1, -0.05) is 0 Å². The molecule has 0 amide bonds. The maximum absolute atomic E-state index is 10.3. The lowest BCUT2D eigenvalue weighted by molar-refractivity contribution is -0.199. The Bertz CT molecular complexity index is 663. The fourth-order valence-electron chi connectivity index (χ4n) is 3.94. The largest absolute Gasteiger partial charge is 0.392 e. The molecule has 22 heavy (non-hydrogen) atoms. The number of aliphatic hydroxyl groups excluding tert-OH is 1. The van der Waals surface area contributed by atoms with Gasteiger partial charge in [-0.15, -0.1) is 0 Å². The molecule has 0 bridgehead atoms.